The first-order valence-corrected chi connectivity index (χ1v) is 20.2. The fourth-order valence-corrected chi connectivity index (χ4v) is 8.10. The quantitative estimate of drug-likeness (QED) is 0.142. The van der Waals surface area contributed by atoms with E-state index in [0.717, 1.165) is 17.1 Å². The molecule has 0 heterocycles. The second kappa shape index (κ2) is 16.0. The fourth-order valence-electron chi connectivity index (χ4n) is 8.10. The van der Waals surface area contributed by atoms with Gasteiger partial charge in [-0.05, 0) is 126 Å². The highest BCUT2D eigenvalue weighted by atomic mass is 15.1. The van der Waals surface area contributed by atoms with Gasteiger partial charge in [0.25, 0.3) is 0 Å². The lowest BCUT2D eigenvalue weighted by molar-refractivity contribution is 1.28. The molecule has 0 unspecified atom stereocenters. The molecule has 0 N–H and O–H groups in total. The van der Waals surface area contributed by atoms with E-state index in [4.69, 9.17) is 0 Å². The lowest BCUT2D eigenvalue weighted by Gasteiger charge is -2.26. The van der Waals surface area contributed by atoms with Crippen LogP contribution in [0, 0.1) is 0 Å². The number of benzene rings is 10. The van der Waals surface area contributed by atoms with E-state index in [9.17, 15) is 0 Å². The van der Waals surface area contributed by atoms with Gasteiger partial charge in [-0.2, -0.15) is 0 Å². The Morgan fingerprint density at radius 1 is 0.169 bits per heavy atom. The lowest BCUT2D eigenvalue weighted by Crippen LogP contribution is -2.10. The lowest BCUT2D eigenvalue weighted by atomic mass is 9.96. The van der Waals surface area contributed by atoms with Crippen LogP contribution in [-0.4, -0.2) is 0 Å². The summed E-state index contributed by atoms with van der Waals surface area (Å²) in [5.41, 5.74) is 17.7. The van der Waals surface area contributed by atoms with Crippen molar-refractivity contribution in [3.05, 3.63) is 249 Å². The standard InChI is InChI=1S/C58H41N/c1-3-11-42(12-4-1)45-21-23-46(24-22-45)48-31-35-56(36-32-48)59(58-20-10-19-54(41-58)43-13-5-2-6-14-43)57-37-33-49(34-38-57)47-25-27-50(28-26-47)52-17-9-18-53(39-52)55-30-29-44-15-7-8-16-51(44)40-55/h1-41H. The van der Waals surface area contributed by atoms with Crippen LogP contribution in [0.4, 0.5) is 17.1 Å². The summed E-state index contributed by atoms with van der Waals surface area (Å²) in [6.07, 6.45) is 0. The largest absolute Gasteiger partial charge is 0.310 e. The van der Waals surface area contributed by atoms with Crippen LogP contribution >= 0.6 is 0 Å². The summed E-state index contributed by atoms with van der Waals surface area (Å²) in [5, 5.41) is 2.52. The van der Waals surface area contributed by atoms with Gasteiger partial charge in [0.15, 0.2) is 0 Å². The van der Waals surface area contributed by atoms with Crippen molar-refractivity contribution in [3.63, 3.8) is 0 Å². The highest BCUT2D eigenvalue weighted by Crippen LogP contribution is 2.39. The zero-order valence-corrected chi connectivity index (χ0v) is 32.6. The van der Waals surface area contributed by atoms with E-state index >= 15 is 0 Å². The molecule has 0 aliphatic rings. The van der Waals surface area contributed by atoms with Gasteiger partial charge in [0, 0.05) is 17.1 Å². The number of fused-ring (bicyclic) bond motifs is 1. The van der Waals surface area contributed by atoms with Crippen molar-refractivity contribution in [2.75, 3.05) is 4.90 Å². The van der Waals surface area contributed by atoms with Crippen molar-refractivity contribution < 1.29 is 0 Å². The number of anilines is 3. The first-order valence-electron chi connectivity index (χ1n) is 20.2. The first kappa shape index (κ1) is 35.7. The SMILES string of the molecule is c1ccc(-c2ccc(-c3ccc(N(c4ccc(-c5ccc(-c6cccc(-c7ccc8ccccc8c7)c6)cc5)cc4)c4cccc(-c5ccccc5)c4)cc3)cc2)cc1. The third-order valence-electron chi connectivity index (χ3n) is 11.3. The van der Waals surface area contributed by atoms with Crippen LogP contribution in [0.5, 0.6) is 0 Å². The molecule has 10 aromatic carbocycles. The normalized spacial score (nSPS) is 11.1. The number of hydrogen-bond donors (Lipinski definition) is 0. The molecule has 0 aromatic heterocycles. The smallest absolute Gasteiger partial charge is 0.0467 e. The molecular formula is C58H41N. The van der Waals surface area contributed by atoms with Crippen LogP contribution in [-0.2, 0) is 0 Å². The minimum Gasteiger partial charge on any atom is -0.310 e. The van der Waals surface area contributed by atoms with E-state index in [1.807, 2.05) is 0 Å². The van der Waals surface area contributed by atoms with Gasteiger partial charge < -0.3 is 4.90 Å². The van der Waals surface area contributed by atoms with Gasteiger partial charge >= 0.3 is 0 Å². The van der Waals surface area contributed by atoms with Crippen LogP contribution in [0.25, 0.3) is 77.5 Å². The monoisotopic (exact) mass is 751 g/mol. The van der Waals surface area contributed by atoms with Crippen LogP contribution in [0.15, 0.2) is 249 Å². The van der Waals surface area contributed by atoms with Crippen molar-refractivity contribution in [1.82, 2.24) is 0 Å². The Kier molecular flexibility index (Phi) is 9.68. The Morgan fingerprint density at radius 2 is 0.492 bits per heavy atom. The Bertz CT molecular complexity index is 2980. The summed E-state index contributed by atoms with van der Waals surface area (Å²) in [7, 11) is 0. The van der Waals surface area contributed by atoms with E-state index in [2.05, 4.69) is 254 Å². The highest BCUT2D eigenvalue weighted by molar-refractivity contribution is 5.88. The molecular weight excluding hydrogens is 711 g/mol. The summed E-state index contributed by atoms with van der Waals surface area (Å²) in [6, 6.07) is 89.7. The van der Waals surface area contributed by atoms with E-state index in [0.29, 0.717) is 0 Å². The van der Waals surface area contributed by atoms with Crippen molar-refractivity contribution in [3.8, 4) is 66.8 Å². The summed E-state index contributed by atoms with van der Waals surface area (Å²) >= 11 is 0. The molecule has 278 valence electrons. The number of rotatable bonds is 9. The Hall–Kier alpha value is -7.74. The second-order valence-corrected chi connectivity index (χ2v) is 15.0. The average Bonchev–Trinajstić information content (AvgIpc) is 3.33. The zero-order chi connectivity index (χ0) is 39.4. The molecule has 0 aliphatic carbocycles. The molecule has 1 nitrogen and oxygen atoms in total. The van der Waals surface area contributed by atoms with Crippen molar-refractivity contribution in [2.24, 2.45) is 0 Å². The molecule has 0 saturated carbocycles. The van der Waals surface area contributed by atoms with Gasteiger partial charge in [0.05, 0.1) is 0 Å². The van der Waals surface area contributed by atoms with Gasteiger partial charge in [0.1, 0.15) is 0 Å². The molecule has 0 amide bonds. The Labute approximate surface area is 346 Å². The molecule has 0 bridgehead atoms. The van der Waals surface area contributed by atoms with Crippen LogP contribution in [0.3, 0.4) is 0 Å². The topological polar surface area (TPSA) is 3.24 Å². The molecule has 0 atom stereocenters. The van der Waals surface area contributed by atoms with Crippen molar-refractivity contribution in [1.29, 1.82) is 0 Å². The van der Waals surface area contributed by atoms with Crippen molar-refractivity contribution in [2.45, 2.75) is 0 Å². The van der Waals surface area contributed by atoms with Gasteiger partial charge in [-0.3, -0.25) is 0 Å². The molecule has 0 radical (unpaired) electrons. The van der Waals surface area contributed by atoms with Crippen LogP contribution < -0.4 is 4.90 Å². The van der Waals surface area contributed by atoms with Crippen LogP contribution in [0.1, 0.15) is 0 Å². The molecule has 10 aromatic rings. The predicted octanol–water partition coefficient (Wildman–Crippen LogP) is 16.3. The van der Waals surface area contributed by atoms with E-state index in [-0.39, 0.29) is 0 Å². The summed E-state index contributed by atoms with van der Waals surface area (Å²) in [5.74, 6) is 0. The third-order valence-corrected chi connectivity index (χ3v) is 11.3. The zero-order valence-electron chi connectivity index (χ0n) is 32.6. The Morgan fingerprint density at radius 3 is 1.02 bits per heavy atom. The van der Waals surface area contributed by atoms with Crippen molar-refractivity contribution >= 4 is 27.8 Å². The minimum atomic E-state index is 1.10. The fraction of sp³-hybridized carbons (Fsp3) is 0. The second-order valence-electron chi connectivity index (χ2n) is 15.0. The Balaban J connectivity index is 0.935. The van der Waals surface area contributed by atoms with Gasteiger partial charge in [-0.15, -0.1) is 0 Å². The molecule has 0 fully saturated rings. The summed E-state index contributed by atoms with van der Waals surface area (Å²) < 4.78 is 0. The molecule has 0 aliphatic heterocycles. The van der Waals surface area contributed by atoms with Crippen LogP contribution in [0.2, 0.25) is 0 Å². The average molecular weight is 752 g/mol. The maximum Gasteiger partial charge on any atom is 0.0467 e. The predicted molar refractivity (Wildman–Crippen MR) is 251 cm³/mol. The highest BCUT2D eigenvalue weighted by Gasteiger charge is 2.15. The van der Waals surface area contributed by atoms with Gasteiger partial charge in [-0.25, -0.2) is 0 Å². The number of nitrogens with zero attached hydrogens (tertiary/aromatic N) is 1. The molecule has 10 rings (SSSR count). The summed E-state index contributed by atoms with van der Waals surface area (Å²) in [4.78, 5) is 2.35. The maximum absolute atomic E-state index is 2.35. The van der Waals surface area contributed by atoms with Gasteiger partial charge in [-0.1, -0.05) is 200 Å². The number of hydrogen-bond acceptors (Lipinski definition) is 1. The molecule has 59 heavy (non-hydrogen) atoms. The van der Waals surface area contributed by atoms with Gasteiger partial charge in [0.2, 0.25) is 0 Å². The van der Waals surface area contributed by atoms with E-state index in [1.54, 1.807) is 0 Å². The van der Waals surface area contributed by atoms with E-state index in [1.165, 1.54) is 77.5 Å². The van der Waals surface area contributed by atoms with E-state index < -0.39 is 0 Å². The third kappa shape index (κ3) is 7.58. The maximum atomic E-state index is 2.35. The molecule has 0 saturated heterocycles. The minimum absolute atomic E-state index is 1.10. The first-order chi connectivity index (χ1) is 29.2. The molecule has 0 spiro atoms. The molecule has 1 heteroatoms. The summed E-state index contributed by atoms with van der Waals surface area (Å²) in [6.45, 7) is 0.